The van der Waals surface area contributed by atoms with E-state index in [-0.39, 0.29) is 12.2 Å². The van der Waals surface area contributed by atoms with Crippen LogP contribution < -0.4 is 0 Å². The molecule has 1 heterocycles. The first kappa shape index (κ1) is 44.6. The molecule has 47 heavy (non-hydrogen) atoms. The van der Waals surface area contributed by atoms with E-state index < -0.39 is 0 Å². The third kappa shape index (κ3) is 28.1. The average molecular weight is 677 g/mol. The van der Waals surface area contributed by atoms with E-state index in [0.717, 1.165) is 13.2 Å². The number of thiophene rings is 1. The second kappa shape index (κ2) is 35.4. The fraction of sp³-hybridized carbons (Fsp3) is 0.909. The van der Waals surface area contributed by atoms with Gasteiger partial charge in [0.15, 0.2) is 0 Å². The standard InChI is InChI=1S/C44H84O2S/c1-5-7-9-11-13-15-17-19-21-23-25-27-29-31-33-35-37-45-41(3)43-39-47-40-44(43)42(4)46-38-36-34-32-30-28-26-24-22-20-18-16-14-12-10-8-6-2/h39-42H,5-38H2,1-4H3. The molecule has 0 spiro atoms. The van der Waals surface area contributed by atoms with Crippen LogP contribution in [0.1, 0.15) is 256 Å². The number of ether oxygens (including phenoxy) is 2. The summed E-state index contributed by atoms with van der Waals surface area (Å²) in [6, 6.07) is 0. The van der Waals surface area contributed by atoms with Crippen molar-refractivity contribution in [3.05, 3.63) is 21.9 Å². The molecule has 1 aromatic heterocycles. The maximum absolute atomic E-state index is 6.29. The van der Waals surface area contributed by atoms with Crippen LogP contribution in [0.25, 0.3) is 0 Å². The largest absolute Gasteiger partial charge is 0.374 e. The molecule has 2 atom stereocenters. The fourth-order valence-electron chi connectivity index (χ4n) is 6.98. The summed E-state index contributed by atoms with van der Waals surface area (Å²) in [5.74, 6) is 0. The lowest BCUT2D eigenvalue weighted by Gasteiger charge is -2.18. The SMILES string of the molecule is CCCCCCCCCCCCCCCCCCOC(C)c1cscc1C(C)OCCCCCCCCCCCCCCCCCC. The lowest BCUT2D eigenvalue weighted by molar-refractivity contribution is 0.0475. The zero-order valence-electron chi connectivity index (χ0n) is 32.6. The second-order valence-corrected chi connectivity index (χ2v) is 15.7. The average Bonchev–Trinajstić information content (AvgIpc) is 3.58. The lowest BCUT2D eigenvalue weighted by Crippen LogP contribution is -2.07. The Labute approximate surface area is 300 Å². The third-order valence-electron chi connectivity index (χ3n) is 10.3. The quantitative estimate of drug-likeness (QED) is 0.0649. The minimum absolute atomic E-state index is 0.161. The monoisotopic (exact) mass is 677 g/mol. The summed E-state index contributed by atoms with van der Waals surface area (Å²) in [7, 11) is 0. The number of unbranched alkanes of at least 4 members (excludes halogenated alkanes) is 30. The minimum Gasteiger partial charge on any atom is -0.374 e. The molecule has 278 valence electrons. The molecule has 0 bridgehead atoms. The maximum Gasteiger partial charge on any atom is 0.0808 e. The summed E-state index contributed by atoms with van der Waals surface area (Å²) in [5.41, 5.74) is 2.68. The molecule has 1 rings (SSSR count). The highest BCUT2D eigenvalue weighted by Crippen LogP contribution is 2.31. The number of hydrogen-bond donors (Lipinski definition) is 0. The van der Waals surface area contributed by atoms with E-state index in [4.69, 9.17) is 9.47 Å². The van der Waals surface area contributed by atoms with Gasteiger partial charge in [0.05, 0.1) is 12.2 Å². The molecule has 2 unspecified atom stereocenters. The van der Waals surface area contributed by atoms with E-state index in [9.17, 15) is 0 Å². The van der Waals surface area contributed by atoms with Gasteiger partial charge in [-0.15, -0.1) is 0 Å². The smallest absolute Gasteiger partial charge is 0.0808 e. The molecule has 0 aromatic carbocycles. The van der Waals surface area contributed by atoms with Gasteiger partial charge < -0.3 is 9.47 Å². The van der Waals surface area contributed by atoms with E-state index in [2.05, 4.69) is 38.5 Å². The lowest BCUT2D eigenvalue weighted by atomic mass is 10.0. The van der Waals surface area contributed by atoms with Crippen LogP contribution in [-0.4, -0.2) is 13.2 Å². The second-order valence-electron chi connectivity index (χ2n) is 14.9. The Hall–Kier alpha value is -0.380. The predicted molar refractivity (Wildman–Crippen MR) is 212 cm³/mol. The van der Waals surface area contributed by atoms with E-state index in [1.165, 1.54) is 217 Å². The van der Waals surface area contributed by atoms with Crippen molar-refractivity contribution in [2.24, 2.45) is 0 Å². The molecule has 1 aromatic rings. The van der Waals surface area contributed by atoms with Crippen LogP contribution >= 0.6 is 11.3 Å². The summed E-state index contributed by atoms with van der Waals surface area (Å²) in [6.07, 6.45) is 45.4. The van der Waals surface area contributed by atoms with Crippen LogP contribution in [0.5, 0.6) is 0 Å². The molecular weight excluding hydrogens is 593 g/mol. The van der Waals surface area contributed by atoms with E-state index in [0.29, 0.717) is 0 Å². The Morgan fingerprint density at radius 1 is 0.362 bits per heavy atom. The van der Waals surface area contributed by atoms with Crippen molar-refractivity contribution in [1.82, 2.24) is 0 Å². The molecule has 0 aliphatic rings. The zero-order chi connectivity index (χ0) is 33.9. The first-order chi connectivity index (χ1) is 23.2. The molecule has 0 saturated heterocycles. The third-order valence-corrected chi connectivity index (χ3v) is 11.1. The fourth-order valence-corrected chi connectivity index (χ4v) is 7.99. The molecule has 0 radical (unpaired) electrons. The summed E-state index contributed by atoms with van der Waals surface area (Å²) in [6.45, 7) is 10.8. The Balaban J connectivity index is 1.92. The Morgan fingerprint density at radius 2 is 0.574 bits per heavy atom. The van der Waals surface area contributed by atoms with Crippen LogP contribution in [0.15, 0.2) is 10.8 Å². The molecule has 0 saturated carbocycles. The van der Waals surface area contributed by atoms with E-state index in [1.807, 2.05) is 0 Å². The van der Waals surface area contributed by atoms with Crippen LogP contribution in [-0.2, 0) is 9.47 Å². The highest BCUT2D eigenvalue weighted by Gasteiger charge is 2.17. The molecule has 0 fully saturated rings. The topological polar surface area (TPSA) is 18.5 Å². The van der Waals surface area contributed by atoms with Crippen molar-refractivity contribution in [1.29, 1.82) is 0 Å². The Bertz CT molecular complexity index is 672. The van der Waals surface area contributed by atoms with Crippen molar-refractivity contribution >= 4 is 11.3 Å². The normalized spacial score (nSPS) is 13.0. The van der Waals surface area contributed by atoms with Crippen molar-refractivity contribution in [2.75, 3.05) is 13.2 Å². The Kier molecular flexibility index (Phi) is 33.7. The van der Waals surface area contributed by atoms with Gasteiger partial charge in [-0.2, -0.15) is 11.3 Å². The van der Waals surface area contributed by atoms with Gasteiger partial charge >= 0.3 is 0 Å². The summed E-state index contributed by atoms with van der Waals surface area (Å²) in [4.78, 5) is 0. The molecule has 2 nitrogen and oxygen atoms in total. The predicted octanol–water partition coefficient (Wildman–Crippen LogP) is 16.4. The van der Waals surface area contributed by atoms with Crippen molar-refractivity contribution in [3.63, 3.8) is 0 Å². The molecule has 0 aliphatic carbocycles. The first-order valence-electron chi connectivity index (χ1n) is 21.5. The van der Waals surface area contributed by atoms with Crippen LogP contribution in [0.2, 0.25) is 0 Å². The molecule has 3 heteroatoms. The van der Waals surface area contributed by atoms with E-state index >= 15 is 0 Å². The van der Waals surface area contributed by atoms with Gasteiger partial charge in [-0.1, -0.05) is 206 Å². The molecule has 0 aliphatic heterocycles. The molecule has 0 amide bonds. The van der Waals surface area contributed by atoms with Gasteiger partial charge in [-0.05, 0) is 48.6 Å². The highest BCUT2D eigenvalue weighted by molar-refractivity contribution is 7.08. The summed E-state index contributed by atoms with van der Waals surface area (Å²) >= 11 is 1.79. The Morgan fingerprint density at radius 3 is 0.809 bits per heavy atom. The van der Waals surface area contributed by atoms with Gasteiger partial charge in [0, 0.05) is 13.2 Å². The summed E-state index contributed by atoms with van der Waals surface area (Å²) in [5, 5.41) is 4.56. The van der Waals surface area contributed by atoms with Crippen molar-refractivity contribution in [3.8, 4) is 0 Å². The summed E-state index contributed by atoms with van der Waals surface area (Å²) < 4.78 is 12.6. The van der Waals surface area contributed by atoms with Gasteiger partial charge in [-0.25, -0.2) is 0 Å². The number of hydrogen-bond acceptors (Lipinski definition) is 3. The number of rotatable bonds is 38. The maximum atomic E-state index is 6.29. The van der Waals surface area contributed by atoms with Gasteiger partial charge in [-0.3, -0.25) is 0 Å². The zero-order valence-corrected chi connectivity index (χ0v) is 33.4. The van der Waals surface area contributed by atoms with Crippen LogP contribution in [0.3, 0.4) is 0 Å². The van der Waals surface area contributed by atoms with Crippen LogP contribution in [0, 0.1) is 0 Å². The van der Waals surface area contributed by atoms with Crippen molar-refractivity contribution in [2.45, 2.75) is 245 Å². The highest BCUT2D eigenvalue weighted by atomic mass is 32.1. The van der Waals surface area contributed by atoms with E-state index in [1.54, 1.807) is 11.3 Å². The first-order valence-corrected chi connectivity index (χ1v) is 22.4. The minimum atomic E-state index is 0.161. The van der Waals surface area contributed by atoms with Crippen LogP contribution in [0.4, 0.5) is 0 Å². The van der Waals surface area contributed by atoms with Crippen molar-refractivity contribution < 1.29 is 9.47 Å². The van der Waals surface area contributed by atoms with Gasteiger partial charge in [0.1, 0.15) is 0 Å². The van der Waals surface area contributed by atoms with Gasteiger partial charge in [0.25, 0.3) is 0 Å². The molecular formula is C44H84O2S. The molecule has 0 N–H and O–H groups in total. The van der Waals surface area contributed by atoms with Gasteiger partial charge in [0.2, 0.25) is 0 Å².